The molecular weight excluding hydrogens is 411 g/mol. The van der Waals surface area contributed by atoms with Crippen LogP contribution < -0.4 is 0 Å². The lowest BCUT2D eigenvalue weighted by Gasteiger charge is -2.16. The van der Waals surface area contributed by atoms with Crippen molar-refractivity contribution in [3.63, 3.8) is 0 Å². The van der Waals surface area contributed by atoms with E-state index in [1.165, 1.54) is 6.42 Å². The average molecular weight is 437 g/mol. The van der Waals surface area contributed by atoms with Crippen molar-refractivity contribution in [3.8, 4) is 0 Å². The lowest BCUT2D eigenvalue weighted by atomic mass is 10.1. The van der Waals surface area contributed by atoms with Crippen molar-refractivity contribution < 1.29 is 19.1 Å². The third-order valence-electron chi connectivity index (χ3n) is 4.53. The summed E-state index contributed by atoms with van der Waals surface area (Å²) in [6.45, 7) is 4.20. The van der Waals surface area contributed by atoms with Crippen LogP contribution in [0.4, 0.5) is 0 Å². The monoisotopic (exact) mass is 436 g/mol. The molecule has 2 aromatic rings. The number of rotatable bonds is 10. The first kappa shape index (κ1) is 23.2. The summed E-state index contributed by atoms with van der Waals surface area (Å²) in [7, 11) is 0. The third-order valence-corrected chi connectivity index (χ3v) is 5.09. The molecule has 0 heterocycles. The fourth-order valence-electron chi connectivity index (χ4n) is 2.91. The zero-order valence-corrected chi connectivity index (χ0v) is 18.3. The van der Waals surface area contributed by atoms with E-state index in [1.807, 2.05) is 0 Å². The molecule has 6 heteroatoms. The molecule has 0 saturated heterocycles. The van der Waals surface area contributed by atoms with Crippen LogP contribution in [0.2, 0.25) is 10.0 Å². The maximum atomic E-state index is 12.7. The summed E-state index contributed by atoms with van der Waals surface area (Å²) in [5, 5.41) is 0.911. The Hall–Kier alpha value is -2.04. The minimum Gasteiger partial charge on any atom is -0.462 e. The van der Waals surface area contributed by atoms with Gasteiger partial charge in [0, 0.05) is 15.6 Å². The standard InChI is InChI=1S/C23H26Cl2O4/c1-3-4-5-6-9-14-28-22(26)19-10-7-8-11-20(19)23(27)29-16(2)18-13-12-17(24)15-21(18)25/h7-8,10-13,15-16H,3-6,9,14H2,1-2H3. The average Bonchev–Trinajstić information content (AvgIpc) is 2.70. The Labute approximate surface area is 182 Å². The largest absolute Gasteiger partial charge is 0.462 e. The molecule has 0 aliphatic carbocycles. The van der Waals surface area contributed by atoms with Gasteiger partial charge in [-0.3, -0.25) is 0 Å². The Morgan fingerprint density at radius 2 is 1.59 bits per heavy atom. The fraction of sp³-hybridized carbons (Fsp3) is 0.391. The van der Waals surface area contributed by atoms with E-state index in [4.69, 9.17) is 32.7 Å². The van der Waals surface area contributed by atoms with Crippen molar-refractivity contribution in [2.45, 2.75) is 52.1 Å². The van der Waals surface area contributed by atoms with Gasteiger partial charge in [-0.05, 0) is 37.6 Å². The predicted molar refractivity (Wildman–Crippen MR) is 116 cm³/mol. The van der Waals surface area contributed by atoms with Gasteiger partial charge in [0.2, 0.25) is 0 Å². The Balaban J connectivity index is 2.01. The number of halogens is 2. The highest BCUT2D eigenvalue weighted by molar-refractivity contribution is 6.35. The van der Waals surface area contributed by atoms with Gasteiger partial charge < -0.3 is 9.47 Å². The van der Waals surface area contributed by atoms with Crippen LogP contribution in [-0.2, 0) is 9.47 Å². The molecule has 2 aromatic carbocycles. The smallest absolute Gasteiger partial charge is 0.339 e. The summed E-state index contributed by atoms with van der Waals surface area (Å²) >= 11 is 12.1. The molecule has 156 valence electrons. The van der Waals surface area contributed by atoms with E-state index >= 15 is 0 Å². The van der Waals surface area contributed by atoms with E-state index in [1.54, 1.807) is 49.4 Å². The second kappa shape index (κ2) is 11.8. The number of hydrogen-bond donors (Lipinski definition) is 0. The molecule has 0 aliphatic rings. The van der Waals surface area contributed by atoms with Crippen molar-refractivity contribution in [2.75, 3.05) is 6.61 Å². The van der Waals surface area contributed by atoms with Crippen LogP contribution in [0.5, 0.6) is 0 Å². The van der Waals surface area contributed by atoms with Crippen LogP contribution >= 0.6 is 23.2 Å². The molecule has 0 spiro atoms. The van der Waals surface area contributed by atoms with Crippen LogP contribution in [-0.4, -0.2) is 18.5 Å². The summed E-state index contributed by atoms with van der Waals surface area (Å²) in [6, 6.07) is 11.5. The van der Waals surface area contributed by atoms with E-state index < -0.39 is 18.0 Å². The molecule has 0 bridgehead atoms. The maximum absolute atomic E-state index is 12.7. The van der Waals surface area contributed by atoms with Crippen LogP contribution in [0.3, 0.4) is 0 Å². The van der Waals surface area contributed by atoms with Gasteiger partial charge in [-0.25, -0.2) is 9.59 Å². The van der Waals surface area contributed by atoms with Crippen LogP contribution in [0.1, 0.15) is 78.3 Å². The van der Waals surface area contributed by atoms with E-state index in [9.17, 15) is 9.59 Å². The lowest BCUT2D eigenvalue weighted by molar-refractivity contribution is 0.0324. The van der Waals surface area contributed by atoms with E-state index in [2.05, 4.69) is 6.92 Å². The number of unbranched alkanes of at least 4 members (excludes halogenated alkanes) is 4. The van der Waals surface area contributed by atoms with E-state index in [-0.39, 0.29) is 11.1 Å². The third kappa shape index (κ3) is 7.06. The first-order chi connectivity index (χ1) is 13.9. The molecule has 0 N–H and O–H groups in total. The first-order valence-electron chi connectivity index (χ1n) is 9.86. The second-order valence-electron chi connectivity index (χ2n) is 6.81. The second-order valence-corrected chi connectivity index (χ2v) is 7.65. The van der Waals surface area contributed by atoms with Gasteiger partial charge in [-0.1, -0.05) is 74.0 Å². The normalized spacial score (nSPS) is 11.7. The number of hydrogen-bond acceptors (Lipinski definition) is 4. The fourth-order valence-corrected chi connectivity index (χ4v) is 3.47. The molecule has 0 aromatic heterocycles. The van der Waals surface area contributed by atoms with E-state index in [0.717, 1.165) is 25.7 Å². The summed E-state index contributed by atoms with van der Waals surface area (Å²) in [6.07, 6.45) is 4.69. The van der Waals surface area contributed by atoms with Gasteiger partial charge in [0.1, 0.15) is 6.10 Å². The van der Waals surface area contributed by atoms with Crippen molar-refractivity contribution in [2.24, 2.45) is 0 Å². The number of carbonyl (C=O) groups is 2. The zero-order valence-electron chi connectivity index (χ0n) is 16.8. The van der Waals surface area contributed by atoms with Gasteiger partial charge in [-0.2, -0.15) is 0 Å². The van der Waals surface area contributed by atoms with Crippen LogP contribution in [0.25, 0.3) is 0 Å². The summed E-state index contributed by atoms with van der Waals surface area (Å²) < 4.78 is 10.9. The Morgan fingerprint density at radius 3 is 2.24 bits per heavy atom. The Kier molecular flexibility index (Phi) is 9.49. The Bertz CT molecular complexity index is 835. The van der Waals surface area contributed by atoms with Crippen LogP contribution in [0.15, 0.2) is 42.5 Å². The molecule has 0 saturated carbocycles. The predicted octanol–water partition coefficient (Wildman–Crippen LogP) is 7.04. The first-order valence-corrected chi connectivity index (χ1v) is 10.6. The molecule has 0 amide bonds. The minimum absolute atomic E-state index is 0.167. The zero-order chi connectivity index (χ0) is 21.2. The molecule has 0 fully saturated rings. The molecule has 29 heavy (non-hydrogen) atoms. The number of benzene rings is 2. The molecular formula is C23H26Cl2O4. The van der Waals surface area contributed by atoms with Gasteiger partial charge in [0.25, 0.3) is 0 Å². The lowest BCUT2D eigenvalue weighted by Crippen LogP contribution is -2.16. The highest BCUT2D eigenvalue weighted by Crippen LogP contribution is 2.29. The molecule has 0 radical (unpaired) electrons. The molecule has 2 rings (SSSR count). The highest BCUT2D eigenvalue weighted by Gasteiger charge is 2.22. The SMILES string of the molecule is CCCCCCCOC(=O)c1ccccc1C(=O)OC(C)c1ccc(Cl)cc1Cl. The summed E-state index contributed by atoms with van der Waals surface area (Å²) in [5.74, 6) is -1.13. The highest BCUT2D eigenvalue weighted by atomic mass is 35.5. The minimum atomic E-state index is -0.612. The topological polar surface area (TPSA) is 52.6 Å². The number of ether oxygens (including phenoxy) is 2. The van der Waals surface area contributed by atoms with Crippen molar-refractivity contribution in [1.29, 1.82) is 0 Å². The van der Waals surface area contributed by atoms with E-state index in [0.29, 0.717) is 22.2 Å². The van der Waals surface area contributed by atoms with Gasteiger partial charge in [0.05, 0.1) is 17.7 Å². The van der Waals surface area contributed by atoms with Crippen molar-refractivity contribution >= 4 is 35.1 Å². The number of carbonyl (C=O) groups excluding carboxylic acids is 2. The Morgan fingerprint density at radius 1 is 0.931 bits per heavy atom. The molecule has 1 atom stereocenters. The summed E-state index contributed by atoms with van der Waals surface area (Å²) in [5.41, 5.74) is 0.998. The van der Waals surface area contributed by atoms with Gasteiger partial charge in [-0.15, -0.1) is 0 Å². The molecule has 1 unspecified atom stereocenters. The maximum Gasteiger partial charge on any atom is 0.339 e. The van der Waals surface area contributed by atoms with Crippen molar-refractivity contribution in [1.82, 2.24) is 0 Å². The molecule has 0 aliphatic heterocycles. The quantitative estimate of drug-likeness (QED) is 0.296. The van der Waals surface area contributed by atoms with Gasteiger partial charge >= 0.3 is 11.9 Å². The van der Waals surface area contributed by atoms with Crippen LogP contribution in [0, 0.1) is 0 Å². The van der Waals surface area contributed by atoms with Crippen molar-refractivity contribution in [3.05, 3.63) is 69.2 Å². The summed E-state index contributed by atoms with van der Waals surface area (Å²) in [4.78, 5) is 25.1. The molecule has 4 nitrogen and oxygen atoms in total. The van der Waals surface area contributed by atoms with Gasteiger partial charge in [0.15, 0.2) is 0 Å². The number of esters is 2.